The van der Waals surface area contributed by atoms with E-state index in [9.17, 15) is 19.2 Å². The van der Waals surface area contributed by atoms with Gasteiger partial charge in [-0.05, 0) is 39.5 Å². The van der Waals surface area contributed by atoms with Gasteiger partial charge in [0.1, 0.15) is 6.04 Å². The van der Waals surface area contributed by atoms with Crippen molar-refractivity contribution in [2.45, 2.75) is 70.6 Å². The lowest BCUT2D eigenvalue weighted by Crippen LogP contribution is -2.46. The van der Waals surface area contributed by atoms with E-state index in [0.717, 1.165) is 30.6 Å². The number of esters is 1. The van der Waals surface area contributed by atoms with Crippen LogP contribution in [-0.4, -0.2) is 46.8 Å². The Morgan fingerprint density at radius 3 is 2.08 bits per heavy atom. The van der Waals surface area contributed by atoms with Gasteiger partial charge in [0, 0.05) is 6.04 Å². The zero-order valence-corrected chi connectivity index (χ0v) is 14.1. The molecule has 2 saturated carbocycles. The number of carbonyl (C=O) groups excluding carboxylic acids is 4. The number of carbonyl (C=O) groups is 4. The third-order valence-corrected chi connectivity index (χ3v) is 5.19. The lowest BCUT2D eigenvalue weighted by molar-refractivity contribution is -0.164. The summed E-state index contributed by atoms with van der Waals surface area (Å²) in [5.41, 5.74) is 0. The highest BCUT2D eigenvalue weighted by atomic mass is 16.5. The number of rotatable bonds is 5. The third-order valence-electron chi connectivity index (χ3n) is 5.19. The predicted octanol–water partition coefficient (Wildman–Crippen LogP) is 0.760. The third kappa shape index (κ3) is 3.16. The Kier molecular flexibility index (Phi) is 4.60. The number of fused-ring (bicyclic) bond motifs is 1. The normalized spacial score (nSPS) is 29.0. The Labute approximate surface area is 141 Å². The van der Waals surface area contributed by atoms with Crippen LogP contribution in [-0.2, 0) is 23.9 Å². The van der Waals surface area contributed by atoms with Gasteiger partial charge < -0.3 is 10.1 Å². The Hall–Kier alpha value is -1.92. The van der Waals surface area contributed by atoms with E-state index in [1.54, 1.807) is 0 Å². The number of imide groups is 1. The molecule has 0 bridgehead atoms. The fraction of sp³-hybridized carbons (Fsp3) is 0.765. The summed E-state index contributed by atoms with van der Waals surface area (Å²) >= 11 is 0. The molecule has 24 heavy (non-hydrogen) atoms. The molecular formula is C17H24N2O5. The fourth-order valence-electron chi connectivity index (χ4n) is 3.55. The zero-order valence-electron chi connectivity index (χ0n) is 14.1. The Morgan fingerprint density at radius 1 is 1.04 bits per heavy atom. The summed E-state index contributed by atoms with van der Waals surface area (Å²) < 4.78 is 5.17. The van der Waals surface area contributed by atoms with Crippen molar-refractivity contribution < 1.29 is 23.9 Å². The van der Waals surface area contributed by atoms with Crippen molar-refractivity contribution in [1.29, 1.82) is 0 Å². The smallest absolute Gasteiger partial charge is 0.329 e. The molecule has 7 nitrogen and oxygen atoms in total. The molecule has 0 aromatic rings. The van der Waals surface area contributed by atoms with Crippen LogP contribution in [0.3, 0.4) is 0 Å². The highest BCUT2D eigenvalue weighted by Crippen LogP contribution is 2.38. The van der Waals surface area contributed by atoms with Crippen LogP contribution in [0.15, 0.2) is 0 Å². The maximum atomic E-state index is 12.5. The van der Waals surface area contributed by atoms with Crippen LogP contribution < -0.4 is 5.32 Å². The first-order valence-electron chi connectivity index (χ1n) is 8.78. The highest BCUT2D eigenvalue weighted by Gasteiger charge is 2.51. The van der Waals surface area contributed by atoms with Crippen LogP contribution in [0.25, 0.3) is 0 Å². The zero-order chi connectivity index (χ0) is 17.4. The van der Waals surface area contributed by atoms with E-state index in [1.807, 2.05) is 0 Å². The average Bonchev–Trinajstić information content (AvgIpc) is 3.34. The molecule has 2 aliphatic carbocycles. The summed E-state index contributed by atoms with van der Waals surface area (Å²) in [6.07, 6.45) is 4.23. The molecule has 3 amide bonds. The molecule has 1 aliphatic heterocycles. The molecule has 3 aliphatic rings. The first-order chi connectivity index (χ1) is 11.4. The quantitative estimate of drug-likeness (QED) is 0.591. The summed E-state index contributed by atoms with van der Waals surface area (Å²) in [6.45, 7) is 2.98. The SMILES string of the molecule is C[C@@H](OC(=O)[C@H](C)N1C(=O)[C@H]2CCCC[C@H]2C1=O)C(=O)NC1CC1. The Morgan fingerprint density at radius 2 is 1.58 bits per heavy atom. The minimum absolute atomic E-state index is 0.181. The van der Waals surface area contributed by atoms with Gasteiger partial charge in [-0.2, -0.15) is 0 Å². The first-order valence-corrected chi connectivity index (χ1v) is 8.78. The number of amides is 3. The number of ether oxygens (including phenoxy) is 1. The van der Waals surface area contributed by atoms with Crippen molar-refractivity contribution in [1.82, 2.24) is 10.2 Å². The van der Waals surface area contributed by atoms with Gasteiger partial charge in [-0.3, -0.25) is 19.3 Å². The monoisotopic (exact) mass is 336 g/mol. The molecule has 0 spiro atoms. The molecule has 1 N–H and O–H groups in total. The van der Waals surface area contributed by atoms with E-state index in [-0.39, 0.29) is 35.6 Å². The van der Waals surface area contributed by atoms with Crippen molar-refractivity contribution in [2.24, 2.45) is 11.8 Å². The summed E-state index contributed by atoms with van der Waals surface area (Å²) in [5, 5.41) is 2.76. The van der Waals surface area contributed by atoms with Crippen LogP contribution in [0.2, 0.25) is 0 Å². The number of nitrogens with zero attached hydrogens (tertiary/aromatic N) is 1. The van der Waals surface area contributed by atoms with Gasteiger partial charge in [-0.25, -0.2) is 4.79 Å². The van der Waals surface area contributed by atoms with Gasteiger partial charge in [0.15, 0.2) is 6.10 Å². The maximum Gasteiger partial charge on any atom is 0.329 e. The lowest BCUT2D eigenvalue weighted by atomic mass is 9.81. The number of hydrogen-bond donors (Lipinski definition) is 1. The van der Waals surface area contributed by atoms with Gasteiger partial charge in [0.05, 0.1) is 11.8 Å². The maximum absolute atomic E-state index is 12.5. The highest BCUT2D eigenvalue weighted by molar-refractivity contribution is 6.07. The summed E-state index contributed by atoms with van der Waals surface area (Å²) in [5.74, 6) is -2.19. The average molecular weight is 336 g/mol. The Bertz CT molecular complexity index is 547. The van der Waals surface area contributed by atoms with Crippen molar-refractivity contribution >= 4 is 23.7 Å². The van der Waals surface area contributed by atoms with Gasteiger partial charge in [-0.15, -0.1) is 0 Å². The second-order valence-corrected chi connectivity index (χ2v) is 7.08. The van der Waals surface area contributed by atoms with Crippen LogP contribution in [0.1, 0.15) is 52.4 Å². The number of likely N-dealkylation sites (tertiary alicyclic amines) is 1. The van der Waals surface area contributed by atoms with Gasteiger partial charge in [0.2, 0.25) is 11.8 Å². The van der Waals surface area contributed by atoms with Gasteiger partial charge in [0.25, 0.3) is 5.91 Å². The second kappa shape index (κ2) is 6.53. The van der Waals surface area contributed by atoms with Crippen LogP contribution in [0, 0.1) is 11.8 Å². The molecule has 3 rings (SSSR count). The summed E-state index contributed by atoms with van der Waals surface area (Å²) in [7, 11) is 0. The van der Waals surface area contributed by atoms with Crippen LogP contribution in [0.4, 0.5) is 0 Å². The minimum Gasteiger partial charge on any atom is -0.451 e. The Balaban J connectivity index is 1.61. The lowest BCUT2D eigenvalue weighted by Gasteiger charge is -2.23. The molecule has 7 heteroatoms. The molecule has 0 aromatic heterocycles. The topological polar surface area (TPSA) is 92.8 Å². The minimum atomic E-state index is -0.994. The number of nitrogens with one attached hydrogen (secondary N) is 1. The fourth-order valence-corrected chi connectivity index (χ4v) is 3.55. The first kappa shape index (κ1) is 16.9. The molecule has 0 radical (unpaired) electrons. The molecule has 3 fully saturated rings. The van der Waals surface area contributed by atoms with Crippen molar-refractivity contribution in [3.8, 4) is 0 Å². The molecule has 0 unspecified atom stereocenters. The van der Waals surface area contributed by atoms with E-state index in [2.05, 4.69) is 5.32 Å². The van der Waals surface area contributed by atoms with E-state index >= 15 is 0 Å². The van der Waals surface area contributed by atoms with E-state index in [0.29, 0.717) is 12.8 Å². The van der Waals surface area contributed by atoms with E-state index in [1.165, 1.54) is 13.8 Å². The molecule has 0 aromatic carbocycles. The largest absolute Gasteiger partial charge is 0.451 e. The van der Waals surface area contributed by atoms with E-state index < -0.39 is 18.1 Å². The van der Waals surface area contributed by atoms with Crippen molar-refractivity contribution in [2.75, 3.05) is 0 Å². The van der Waals surface area contributed by atoms with Crippen LogP contribution in [0.5, 0.6) is 0 Å². The van der Waals surface area contributed by atoms with Crippen molar-refractivity contribution in [3.63, 3.8) is 0 Å². The number of hydrogen-bond acceptors (Lipinski definition) is 5. The van der Waals surface area contributed by atoms with Crippen LogP contribution >= 0.6 is 0 Å². The molecular weight excluding hydrogens is 312 g/mol. The second-order valence-electron chi connectivity index (χ2n) is 7.08. The van der Waals surface area contributed by atoms with E-state index in [4.69, 9.17) is 4.74 Å². The van der Waals surface area contributed by atoms with Gasteiger partial charge >= 0.3 is 5.97 Å². The molecule has 1 saturated heterocycles. The summed E-state index contributed by atoms with van der Waals surface area (Å²) in [6, 6.07) is -0.812. The standard InChI is InChI=1S/C17H24N2O5/c1-9(17(23)24-10(2)14(20)18-11-7-8-11)19-15(21)12-5-3-4-6-13(12)16(19)22/h9-13H,3-8H2,1-2H3,(H,18,20)/t9-,10+,12-,13+/m0/s1. The molecule has 4 atom stereocenters. The molecule has 1 heterocycles. The van der Waals surface area contributed by atoms with Crippen molar-refractivity contribution in [3.05, 3.63) is 0 Å². The predicted molar refractivity (Wildman–Crippen MR) is 83.5 cm³/mol. The molecule has 132 valence electrons. The van der Waals surface area contributed by atoms with Gasteiger partial charge in [-0.1, -0.05) is 12.8 Å². The summed E-state index contributed by atoms with van der Waals surface area (Å²) in [4.78, 5) is 50.2.